The lowest BCUT2D eigenvalue weighted by Gasteiger charge is -2.08. The highest BCUT2D eigenvalue weighted by atomic mass is 79.9. The number of nitrogens with zero attached hydrogens (tertiary/aromatic N) is 3. The standard InChI is InChI=1S/C16H25BrN4/c1-4-13(18)9-12-7-8-20(10-12)11-15-16(17)14(5-2)19-21(15)6-3/h7-8,10,13H,4-6,9,11,18H2,1-3H3. The summed E-state index contributed by atoms with van der Waals surface area (Å²) in [6, 6.07) is 2.41. The monoisotopic (exact) mass is 352 g/mol. The van der Waals surface area contributed by atoms with Crippen molar-refractivity contribution in [3.05, 3.63) is 39.9 Å². The lowest BCUT2D eigenvalue weighted by atomic mass is 10.1. The molecule has 21 heavy (non-hydrogen) atoms. The second kappa shape index (κ2) is 7.27. The number of nitrogens with two attached hydrogens (primary N) is 1. The van der Waals surface area contributed by atoms with E-state index in [9.17, 15) is 0 Å². The highest BCUT2D eigenvalue weighted by Crippen LogP contribution is 2.23. The zero-order chi connectivity index (χ0) is 15.4. The van der Waals surface area contributed by atoms with Crippen LogP contribution >= 0.6 is 15.9 Å². The van der Waals surface area contributed by atoms with E-state index in [1.54, 1.807) is 0 Å². The first-order chi connectivity index (χ1) is 10.1. The van der Waals surface area contributed by atoms with E-state index in [4.69, 9.17) is 5.73 Å². The van der Waals surface area contributed by atoms with Crippen LogP contribution in [0.3, 0.4) is 0 Å². The Labute approximate surface area is 135 Å². The Bertz CT molecular complexity index is 585. The summed E-state index contributed by atoms with van der Waals surface area (Å²) in [6.07, 6.45) is 7.23. The SMILES string of the molecule is CCc1nn(CC)c(Cn2ccc(CC(N)CC)c2)c1Br. The molecule has 0 aliphatic rings. The van der Waals surface area contributed by atoms with E-state index in [0.29, 0.717) is 0 Å². The summed E-state index contributed by atoms with van der Waals surface area (Å²) in [6.45, 7) is 8.12. The van der Waals surface area contributed by atoms with Gasteiger partial charge in [0.05, 0.1) is 22.4 Å². The third-order valence-corrected chi connectivity index (χ3v) is 4.78. The molecule has 1 atom stereocenters. The number of aromatic nitrogens is 3. The highest BCUT2D eigenvalue weighted by Gasteiger charge is 2.14. The fourth-order valence-corrected chi connectivity index (χ4v) is 3.19. The fourth-order valence-electron chi connectivity index (χ4n) is 2.50. The molecule has 4 nitrogen and oxygen atoms in total. The van der Waals surface area contributed by atoms with Crippen LogP contribution in [-0.4, -0.2) is 20.4 Å². The van der Waals surface area contributed by atoms with E-state index in [-0.39, 0.29) is 6.04 Å². The molecule has 0 saturated heterocycles. The van der Waals surface area contributed by atoms with Gasteiger partial charge in [0.2, 0.25) is 0 Å². The Morgan fingerprint density at radius 1 is 1.33 bits per heavy atom. The van der Waals surface area contributed by atoms with Gasteiger partial charge in [-0.2, -0.15) is 5.10 Å². The molecule has 116 valence electrons. The first-order valence-corrected chi connectivity index (χ1v) is 8.52. The van der Waals surface area contributed by atoms with Crippen molar-refractivity contribution in [3.63, 3.8) is 0 Å². The van der Waals surface area contributed by atoms with E-state index in [1.165, 1.54) is 11.3 Å². The van der Waals surface area contributed by atoms with Crippen molar-refractivity contribution in [1.82, 2.24) is 14.3 Å². The Morgan fingerprint density at radius 3 is 2.71 bits per heavy atom. The van der Waals surface area contributed by atoms with Crippen molar-refractivity contribution < 1.29 is 0 Å². The minimum Gasteiger partial charge on any atom is -0.348 e. The van der Waals surface area contributed by atoms with E-state index < -0.39 is 0 Å². The van der Waals surface area contributed by atoms with Crippen LogP contribution in [0, 0.1) is 0 Å². The van der Waals surface area contributed by atoms with Crippen molar-refractivity contribution in [2.75, 3.05) is 0 Å². The van der Waals surface area contributed by atoms with Gasteiger partial charge in [0, 0.05) is 25.0 Å². The maximum Gasteiger partial charge on any atom is 0.0767 e. The molecule has 0 aliphatic heterocycles. The number of halogens is 1. The number of rotatable bonds is 7. The minimum absolute atomic E-state index is 0.250. The first-order valence-electron chi connectivity index (χ1n) is 7.73. The molecule has 2 aromatic heterocycles. The molecule has 0 aromatic carbocycles. The van der Waals surface area contributed by atoms with E-state index in [0.717, 1.165) is 42.5 Å². The van der Waals surface area contributed by atoms with Crippen molar-refractivity contribution in [2.24, 2.45) is 5.73 Å². The van der Waals surface area contributed by atoms with E-state index >= 15 is 0 Å². The van der Waals surface area contributed by atoms with Gasteiger partial charge in [0.15, 0.2) is 0 Å². The van der Waals surface area contributed by atoms with Crippen LogP contribution in [0.1, 0.15) is 44.1 Å². The smallest absolute Gasteiger partial charge is 0.0767 e. The van der Waals surface area contributed by atoms with Crippen LogP contribution in [0.15, 0.2) is 22.9 Å². The zero-order valence-corrected chi connectivity index (χ0v) is 14.7. The van der Waals surface area contributed by atoms with Crippen molar-refractivity contribution in [1.29, 1.82) is 0 Å². The van der Waals surface area contributed by atoms with Crippen molar-refractivity contribution in [2.45, 2.75) is 59.2 Å². The molecule has 2 rings (SSSR count). The third-order valence-electron chi connectivity index (χ3n) is 3.86. The third kappa shape index (κ3) is 3.77. The Morgan fingerprint density at radius 2 is 2.10 bits per heavy atom. The summed E-state index contributed by atoms with van der Waals surface area (Å²) in [4.78, 5) is 0. The maximum absolute atomic E-state index is 6.03. The predicted molar refractivity (Wildman–Crippen MR) is 90.5 cm³/mol. The number of hydrogen-bond donors (Lipinski definition) is 1. The molecular formula is C16H25BrN4. The first kappa shape index (κ1) is 16.3. The predicted octanol–water partition coefficient (Wildman–Crippen LogP) is 3.36. The molecule has 1 unspecified atom stereocenters. The van der Waals surface area contributed by atoms with Crippen LogP contribution in [0.25, 0.3) is 0 Å². The Hall–Kier alpha value is -1.07. The van der Waals surface area contributed by atoms with Crippen LogP contribution in [0.4, 0.5) is 0 Å². The molecule has 0 aliphatic carbocycles. The minimum atomic E-state index is 0.250. The van der Waals surface area contributed by atoms with Gasteiger partial charge in [-0.1, -0.05) is 13.8 Å². The molecule has 2 heterocycles. The van der Waals surface area contributed by atoms with Gasteiger partial charge >= 0.3 is 0 Å². The van der Waals surface area contributed by atoms with Gasteiger partial charge in [0.25, 0.3) is 0 Å². The molecule has 0 fully saturated rings. The van der Waals surface area contributed by atoms with Crippen LogP contribution < -0.4 is 5.73 Å². The summed E-state index contributed by atoms with van der Waals surface area (Å²) in [5.41, 5.74) is 9.70. The lowest BCUT2D eigenvalue weighted by molar-refractivity contribution is 0.593. The van der Waals surface area contributed by atoms with Crippen molar-refractivity contribution in [3.8, 4) is 0 Å². The summed E-state index contributed by atoms with van der Waals surface area (Å²) in [7, 11) is 0. The van der Waals surface area contributed by atoms with E-state index in [1.807, 2.05) is 0 Å². The summed E-state index contributed by atoms with van der Waals surface area (Å²) < 4.78 is 5.44. The van der Waals surface area contributed by atoms with Gasteiger partial charge in [-0.3, -0.25) is 4.68 Å². The molecule has 5 heteroatoms. The van der Waals surface area contributed by atoms with Gasteiger partial charge in [-0.15, -0.1) is 0 Å². The zero-order valence-electron chi connectivity index (χ0n) is 13.1. The van der Waals surface area contributed by atoms with Gasteiger partial charge in [-0.25, -0.2) is 0 Å². The second-order valence-electron chi connectivity index (χ2n) is 5.44. The van der Waals surface area contributed by atoms with E-state index in [2.05, 4.69) is 69.5 Å². The Balaban J connectivity index is 2.17. The van der Waals surface area contributed by atoms with Gasteiger partial charge < -0.3 is 10.3 Å². The topological polar surface area (TPSA) is 48.8 Å². The molecule has 2 N–H and O–H groups in total. The number of aryl methyl sites for hydroxylation is 2. The second-order valence-corrected chi connectivity index (χ2v) is 6.23. The number of hydrogen-bond acceptors (Lipinski definition) is 2. The molecule has 0 amide bonds. The molecule has 0 spiro atoms. The van der Waals surface area contributed by atoms with Crippen LogP contribution in [0.2, 0.25) is 0 Å². The molecule has 0 bridgehead atoms. The summed E-state index contributed by atoms with van der Waals surface area (Å²) in [5, 5.41) is 4.65. The van der Waals surface area contributed by atoms with Crippen molar-refractivity contribution >= 4 is 15.9 Å². The fraction of sp³-hybridized carbons (Fsp3) is 0.562. The Kier molecular flexibility index (Phi) is 5.65. The summed E-state index contributed by atoms with van der Waals surface area (Å²) in [5.74, 6) is 0. The van der Waals surface area contributed by atoms with Crippen LogP contribution in [-0.2, 0) is 25.9 Å². The molecule has 0 radical (unpaired) electrons. The maximum atomic E-state index is 6.03. The average molecular weight is 353 g/mol. The molecular weight excluding hydrogens is 328 g/mol. The van der Waals surface area contributed by atoms with Crippen LogP contribution in [0.5, 0.6) is 0 Å². The normalized spacial score (nSPS) is 12.8. The lowest BCUT2D eigenvalue weighted by Crippen LogP contribution is -2.21. The summed E-state index contributed by atoms with van der Waals surface area (Å²) >= 11 is 3.70. The highest BCUT2D eigenvalue weighted by molar-refractivity contribution is 9.10. The van der Waals surface area contributed by atoms with Gasteiger partial charge in [0.1, 0.15) is 0 Å². The quantitative estimate of drug-likeness (QED) is 0.830. The largest absolute Gasteiger partial charge is 0.348 e. The molecule has 0 saturated carbocycles. The average Bonchev–Trinajstić information content (AvgIpc) is 3.05. The van der Waals surface area contributed by atoms with Gasteiger partial charge in [-0.05, 0) is 53.7 Å². The molecule has 2 aromatic rings.